The number of nitrogens with zero attached hydrogens (tertiary/aromatic N) is 3. The summed E-state index contributed by atoms with van der Waals surface area (Å²) in [7, 11) is 0. The van der Waals surface area contributed by atoms with Crippen molar-refractivity contribution in [2.75, 3.05) is 18.8 Å². The average Bonchev–Trinajstić information content (AvgIpc) is 3.40. The van der Waals surface area contributed by atoms with Gasteiger partial charge in [-0.1, -0.05) is 30.3 Å². The molecule has 0 bridgehead atoms. The predicted octanol–water partition coefficient (Wildman–Crippen LogP) is 3.59. The molecule has 2 heterocycles. The first-order chi connectivity index (χ1) is 12.3. The SMILES string of the molecule is O=C(CSCc1ccccc1)N1CCC(c2nnc(C3CC3)o2)CC1. The standard InChI is InChI=1S/C19H23N3O2S/c23-17(13-25-12-14-4-2-1-3-5-14)22-10-8-16(9-11-22)19-21-20-18(24-19)15-6-7-15/h1-5,15-16H,6-13H2. The number of carbonyl (C=O) groups excluding carboxylic acids is 1. The van der Waals surface area contributed by atoms with E-state index in [1.807, 2.05) is 23.1 Å². The quantitative estimate of drug-likeness (QED) is 0.791. The summed E-state index contributed by atoms with van der Waals surface area (Å²) in [5, 5.41) is 8.41. The van der Waals surface area contributed by atoms with Crippen LogP contribution in [0.1, 0.15) is 54.9 Å². The van der Waals surface area contributed by atoms with Gasteiger partial charge in [-0.15, -0.1) is 22.0 Å². The highest BCUT2D eigenvalue weighted by atomic mass is 32.2. The van der Waals surface area contributed by atoms with Crippen LogP contribution in [0.15, 0.2) is 34.7 Å². The van der Waals surface area contributed by atoms with Gasteiger partial charge in [0.05, 0.1) is 5.75 Å². The van der Waals surface area contributed by atoms with E-state index in [2.05, 4.69) is 22.3 Å². The van der Waals surface area contributed by atoms with E-state index >= 15 is 0 Å². The first kappa shape index (κ1) is 16.6. The maximum Gasteiger partial charge on any atom is 0.232 e. The molecule has 1 amide bonds. The van der Waals surface area contributed by atoms with Gasteiger partial charge in [0.1, 0.15) is 0 Å². The minimum Gasteiger partial charge on any atom is -0.425 e. The van der Waals surface area contributed by atoms with E-state index in [1.165, 1.54) is 18.4 Å². The number of carbonyl (C=O) groups is 1. The van der Waals surface area contributed by atoms with Crippen LogP contribution in [-0.4, -0.2) is 39.8 Å². The van der Waals surface area contributed by atoms with Crippen molar-refractivity contribution in [3.05, 3.63) is 47.7 Å². The van der Waals surface area contributed by atoms with Crippen LogP contribution in [0.4, 0.5) is 0 Å². The zero-order valence-electron chi connectivity index (χ0n) is 14.3. The van der Waals surface area contributed by atoms with E-state index < -0.39 is 0 Å². The number of amides is 1. The zero-order valence-corrected chi connectivity index (χ0v) is 15.1. The van der Waals surface area contributed by atoms with Crippen LogP contribution in [0.5, 0.6) is 0 Å². The molecular weight excluding hydrogens is 334 g/mol. The average molecular weight is 357 g/mol. The molecule has 2 aromatic rings. The molecule has 0 atom stereocenters. The highest BCUT2D eigenvalue weighted by Crippen LogP contribution is 2.40. The third kappa shape index (κ3) is 4.24. The second-order valence-electron chi connectivity index (χ2n) is 6.89. The number of hydrogen-bond donors (Lipinski definition) is 0. The summed E-state index contributed by atoms with van der Waals surface area (Å²) < 4.78 is 5.83. The van der Waals surface area contributed by atoms with Gasteiger partial charge in [-0.25, -0.2) is 0 Å². The van der Waals surface area contributed by atoms with Crippen LogP contribution < -0.4 is 0 Å². The Balaban J connectivity index is 1.21. The molecule has 25 heavy (non-hydrogen) atoms. The molecule has 0 N–H and O–H groups in total. The number of aromatic nitrogens is 2. The highest BCUT2D eigenvalue weighted by Gasteiger charge is 2.32. The predicted molar refractivity (Wildman–Crippen MR) is 97.4 cm³/mol. The van der Waals surface area contributed by atoms with Gasteiger partial charge in [0.15, 0.2) is 0 Å². The topological polar surface area (TPSA) is 59.2 Å². The molecule has 0 radical (unpaired) electrons. The van der Waals surface area contributed by atoms with Gasteiger partial charge < -0.3 is 9.32 Å². The lowest BCUT2D eigenvalue weighted by Crippen LogP contribution is -2.39. The molecule has 1 aromatic carbocycles. The molecule has 2 aliphatic rings. The monoisotopic (exact) mass is 357 g/mol. The summed E-state index contributed by atoms with van der Waals surface area (Å²) in [6.45, 7) is 1.58. The van der Waals surface area contributed by atoms with Gasteiger partial charge in [0, 0.05) is 30.7 Å². The minimum atomic E-state index is 0.239. The summed E-state index contributed by atoms with van der Waals surface area (Å²) in [5.74, 6) is 4.06. The van der Waals surface area contributed by atoms with Crippen molar-refractivity contribution in [3.63, 3.8) is 0 Å². The van der Waals surface area contributed by atoms with Crippen molar-refractivity contribution in [1.82, 2.24) is 15.1 Å². The maximum atomic E-state index is 12.4. The number of hydrogen-bond acceptors (Lipinski definition) is 5. The van der Waals surface area contributed by atoms with Gasteiger partial charge in [0.25, 0.3) is 0 Å². The van der Waals surface area contributed by atoms with Crippen molar-refractivity contribution in [2.45, 2.75) is 43.3 Å². The Morgan fingerprint density at radius 3 is 2.32 bits per heavy atom. The molecular formula is C19H23N3O2S. The Labute approximate surface area is 152 Å². The lowest BCUT2D eigenvalue weighted by atomic mass is 9.97. The van der Waals surface area contributed by atoms with Crippen LogP contribution in [0.3, 0.4) is 0 Å². The number of rotatable bonds is 6. The van der Waals surface area contributed by atoms with Gasteiger partial charge >= 0.3 is 0 Å². The molecule has 1 saturated heterocycles. The number of benzene rings is 1. The van der Waals surface area contributed by atoms with E-state index in [-0.39, 0.29) is 5.91 Å². The van der Waals surface area contributed by atoms with Gasteiger partial charge in [-0.2, -0.15) is 0 Å². The lowest BCUT2D eigenvalue weighted by molar-refractivity contribution is -0.129. The molecule has 1 aliphatic heterocycles. The van der Waals surface area contributed by atoms with E-state index in [0.29, 0.717) is 17.6 Å². The fourth-order valence-corrected chi connectivity index (χ4v) is 4.09. The summed E-state index contributed by atoms with van der Waals surface area (Å²) >= 11 is 1.69. The van der Waals surface area contributed by atoms with Gasteiger partial charge in [-0.3, -0.25) is 4.79 Å². The number of piperidine rings is 1. The molecule has 1 aliphatic carbocycles. The smallest absolute Gasteiger partial charge is 0.232 e. The maximum absolute atomic E-state index is 12.4. The highest BCUT2D eigenvalue weighted by molar-refractivity contribution is 7.99. The van der Waals surface area contributed by atoms with Crippen LogP contribution in [0.25, 0.3) is 0 Å². The molecule has 4 rings (SSSR count). The first-order valence-corrected chi connectivity index (χ1v) is 10.2. The Hall–Kier alpha value is -1.82. The third-order valence-corrected chi connectivity index (χ3v) is 5.91. The van der Waals surface area contributed by atoms with E-state index in [1.54, 1.807) is 11.8 Å². The van der Waals surface area contributed by atoms with E-state index in [4.69, 9.17) is 4.42 Å². The molecule has 1 aromatic heterocycles. The van der Waals surface area contributed by atoms with Gasteiger partial charge in [-0.05, 0) is 31.2 Å². The van der Waals surface area contributed by atoms with E-state index in [0.717, 1.165) is 43.5 Å². The van der Waals surface area contributed by atoms with Crippen LogP contribution in [0.2, 0.25) is 0 Å². The van der Waals surface area contributed by atoms with Crippen LogP contribution in [0, 0.1) is 0 Å². The van der Waals surface area contributed by atoms with Crippen molar-refractivity contribution in [2.24, 2.45) is 0 Å². The molecule has 132 valence electrons. The van der Waals surface area contributed by atoms with E-state index in [9.17, 15) is 4.79 Å². The van der Waals surface area contributed by atoms with Crippen molar-refractivity contribution >= 4 is 17.7 Å². The molecule has 1 saturated carbocycles. The Morgan fingerprint density at radius 1 is 1.04 bits per heavy atom. The molecule has 0 spiro atoms. The third-order valence-electron chi connectivity index (χ3n) is 4.92. The molecule has 6 heteroatoms. The van der Waals surface area contributed by atoms with Crippen molar-refractivity contribution in [1.29, 1.82) is 0 Å². The van der Waals surface area contributed by atoms with Crippen LogP contribution in [-0.2, 0) is 10.5 Å². The number of likely N-dealkylation sites (tertiary alicyclic amines) is 1. The molecule has 5 nitrogen and oxygen atoms in total. The normalized spacial score (nSPS) is 18.5. The Kier molecular flexibility index (Phi) is 5.06. The fourth-order valence-electron chi connectivity index (χ4n) is 3.20. The second kappa shape index (κ2) is 7.60. The lowest BCUT2D eigenvalue weighted by Gasteiger charge is -2.30. The zero-order chi connectivity index (χ0) is 17.1. The fraction of sp³-hybridized carbons (Fsp3) is 0.526. The van der Waals surface area contributed by atoms with Crippen molar-refractivity contribution < 1.29 is 9.21 Å². The summed E-state index contributed by atoms with van der Waals surface area (Å²) in [4.78, 5) is 14.4. The van der Waals surface area contributed by atoms with Gasteiger partial charge in [0.2, 0.25) is 17.7 Å². The molecule has 2 fully saturated rings. The minimum absolute atomic E-state index is 0.239. The molecule has 0 unspecified atom stereocenters. The summed E-state index contributed by atoms with van der Waals surface area (Å²) in [5.41, 5.74) is 1.27. The largest absolute Gasteiger partial charge is 0.425 e. The van der Waals surface area contributed by atoms with Crippen molar-refractivity contribution in [3.8, 4) is 0 Å². The Bertz CT molecular complexity index is 706. The Morgan fingerprint density at radius 2 is 1.68 bits per heavy atom. The first-order valence-electron chi connectivity index (χ1n) is 9.02. The van der Waals surface area contributed by atoms with Crippen LogP contribution >= 0.6 is 11.8 Å². The second-order valence-corrected chi connectivity index (χ2v) is 7.87. The summed E-state index contributed by atoms with van der Waals surface area (Å²) in [6.07, 6.45) is 4.19. The summed E-state index contributed by atoms with van der Waals surface area (Å²) in [6, 6.07) is 10.3. The number of thioether (sulfide) groups is 1.